The minimum Gasteiger partial charge on any atom is -0.393 e. The number of nitrogen functional groups attached to an aromatic ring is 1. The van der Waals surface area contributed by atoms with Gasteiger partial charge in [0.05, 0.1) is 4.92 Å². The standard InChI is InChI=1S/C16H25N3O2/c1-12(2)9-10-18(13-5-3-4-6-13)14-7-8-16(19(20)21)15(17)11-14/h7-8,11-13H,3-6,9-10,17H2,1-2H3. The molecule has 2 rings (SSSR count). The van der Waals surface area contributed by atoms with E-state index in [4.69, 9.17) is 5.73 Å². The predicted octanol–water partition coefficient (Wildman–Crippen LogP) is 3.97. The van der Waals surface area contributed by atoms with Crippen LogP contribution in [0.25, 0.3) is 0 Å². The van der Waals surface area contributed by atoms with Gasteiger partial charge in [0.25, 0.3) is 5.69 Å². The Bertz CT molecular complexity index is 496. The van der Waals surface area contributed by atoms with Crippen molar-refractivity contribution in [3.8, 4) is 0 Å². The third-order valence-corrected chi connectivity index (χ3v) is 4.25. The van der Waals surface area contributed by atoms with Crippen LogP contribution in [0, 0.1) is 16.0 Å². The van der Waals surface area contributed by atoms with Crippen LogP contribution in [0.1, 0.15) is 46.0 Å². The zero-order valence-corrected chi connectivity index (χ0v) is 12.9. The number of anilines is 2. The first kappa shape index (κ1) is 15.6. The Balaban J connectivity index is 2.22. The second-order valence-corrected chi connectivity index (χ2v) is 6.31. The van der Waals surface area contributed by atoms with E-state index in [0.29, 0.717) is 12.0 Å². The zero-order chi connectivity index (χ0) is 15.4. The lowest BCUT2D eigenvalue weighted by molar-refractivity contribution is -0.383. The van der Waals surface area contributed by atoms with E-state index < -0.39 is 4.92 Å². The minimum absolute atomic E-state index is 0.00557. The number of hydrogen-bond acceptors (Lipinski definition) is 4. The summed E-state index contributed by atoms with van der Waals surface area (Å²) >= 11 is 0. The number of hydrogen-bond donors (Lipinski definition) is 1. The Morgan fingerprint density at radius 3 is 2.57 bits per heavy atom. The summed E-state index contributed by atoms with van der Waals surface area (Å²) in [4.78, 5) is 12.9. The number of nitrogens with two attached hydrogens (primary N) is 1. The molecule has 21 heavy (non-hydrogen) atoms. The van der Waals surface area contributed by atoms with Crippen molar-refractivity contribution < 1.29 is 4.92 Å². The second-order valence-electron chi connectivity index (χ2n) is 6.31. The highest BCUT2D eigenvalue weighted by Crippen LogP contribution is 2.32. The van der Waals surface area contributed by atoms with Crippen LogP contribution in [-0.4, -0.2) is 17.5 Å². The van der Waals surface area contributed by atoms with Gasteiger partial charge in [0.15, 0.2) is 0 Å². The van der Waals surface area contributed by atoms with Gasteiger partial charge >= 0.3 is 0 Å². The third-order valence-electron chi connectivity index (χ3n) is 4.25. The van der Waals surface area contributed by atoms with Gasteiger partial charge in [0.1, 0.15) is 5.69 Å². The van der Waals surface area contributed by atoms with Crippen molar-refractivity contribution in [2.75, 3.05) is 17.2 Å². The number of nitro groups is 1. The first-order chi connectivity index (χ1) is 9.99. The molecule has 1 fully saturated rings. The summed E-state index contributed by atoms with van der Waals surface area (Å²) in [5.41, 5.74) is 7.11. The average Bonchev–Trinajstić information content (AvgIpc) is 2.92. The highest BCUT2D eigenvalue weighted by molar-refractivity contribution is 5.67. The molecule has 0 amide bonds. The highest BCUT2D eigenvalue weighted by Gasteiger charge is 2.24. The lowest BCUT2D eigenvalue weighted by atomic mass is 10.1. The third kappa shape index (κ3) is 3.86. The van der Waals surface area contributed by atoms with Gasteiger partial charge in [-0.05, 0) is 37.3 Å². The van der Waals surface area contributed by atoms with E-state index in [9.17, 15) is 10.1 Å². The summed E-state index contributed by atoms with van der Waals surface area (Å²) in [6, 6.07) is 5.68. The Kier molecular flexibility index (Phi) is 5.04. The molecule has 0 atom stereocenters. The van der Waals surface area contributed by atoms with Crippen molar-refractivity contribution in [1.82, 2.24) is 0 Å². The van der Waals surface area contributed by atoms with Gasteiger partial charge in [-0.25, -0.2) is 0 Å². The predicted molar refractivity (Wildman–Crippen MR) is 86.6 cm³/mol. The van der Waals surface area contributed by atoms with Gasteiger partial charge in [-0.3, -0.25) is 10.1 Å². The Morgan fingerprint density at radius 2 is 2.05 bits per heavy atom. The second kappa shape index (κ2) is 6.78. The van der Waals surface area contributed by atoms with Crippen LogP contribution >= 0.6 is 0 Å². The van der Waals surface area contributed by atoms with E-state index in [-0.39, 0.29) is 11.4 Å². The van der Waals surface area contributed by atoms with E-state index in [1.54, 1.807) is 6.07 Å². The van der Waals surface area contributed by atoms with Gasteiger partial charge in [0.2, 0.25) is 0 Å². The molecule has 0 radical (unpaired) electrons. The molecule has 116 valence electrons. The fraction of sp³-hybridized carbons (Fsp3) is 0.625. The summed E-state index contributed by atoms with van der Waals surface area (Å²) in [5.74, 6) is 0.643. The van der Waals surface area contributed by atoms with Crippen molar-refractivity contribution in [3.05, 3.63) is 28.3 Å². The number of nitro benzene ring substituents is 1. The normalized spacial score (nSPS) is 15.6. The van der Waals surface area contributed by atoms with Crippen molar-refractivity contribution in [1.29, 1.82) is 0 Å². The number of benzene rings is 1. The van der Waals surface area contributed by atoms with Crippen molar-refractivity contribution >= 4 is 17.1 Å². The Hall–Kier alpha value is -1.78. The molecule has 1 saturated carbocycles. The molecule has 0 spiro atoms. The molecular weight excluding hydrogens is 266 g/mol. The van der Waals surface area contributed by atoms with E-state index in [0.717, 1.165) is 18.7 Å². The average molecular weight is 291 g/mol. The molecular formula is C16H25N3O2. The molecule has 2 N–H and O–H groups in total. The van der Waals surface area contributed by atoms with Crippen LogP contribution in [-0.2, 0) is 0 Å². The van der Waals surface area contributed by atoms with Crippen molar-refractivity contribution in [3.63, 3.8) is 0 Å². The van der Waals surface area contributed by atoms with Gasteiger partial charge in [-0.15, -0.1) is 0 Å². The fourth-order valence-electron chi connectivity index (χ4n) is 3.02. The van der Waals surface area contributed by atoms with Crippen molar-refractivity contribution in [2.24, 2.45) is 5.92 Å². The topological polar surface area (TPSA) is 72.4 Å². The quantitative estimate of drug-likeness (QED) is 0.489. The monoisotopic (exact) mass is 291 g/mol. The Labute approximate surface area is 126 Å². The summed E-state index contributed by atoms with van der Waals surface area (Å²) < 4.78 is 0. The van der Waals surface area contributed by atoms with Crippen LogP contribution in [0.15, 0.2) is 18.2 Å². The summed E-state index contributed by atoms with van der Waals surface area (Å²) in [6.45, 7) is 5.42. The molecule has 1 aliphatic carbocycles. The molecule has 5 heteroatoms. The van der Waals surface area contributed by atoms with Crippen LogP contribution in [0.3, 0.4) is 0 Å². The van der Waals surface area contributed by atoms with E-state index >= 15 is 0 Å². The number of nitrogens with zero attached hydrogens (tertiary/aromatic N) is 2. The Morgan fingerprint density at radius 1 is 1.38 bits per heavy atom. The molecule has 0 bridgehead atoms. The summed E-state index contributed by atoms with van der Waals surface area (Å²) in [5, 5.41) is 10.9. The smallest absolute Gasteiger partial charge is 0.292 e. The molecule has 0 heterocycles. The summed E-state index contributed by atoms with van der Waals surface area (Å²) in [6.07, 6.45) is 6.06. The molecule has 0 unspecified atom stereocenters. The largest absolute Gasteiger partial charge is 0.393 e. The van der Waals surface area contributed by atoms with Crippen LogP contribution in [0.2, 0.25) is 0 Å². The lowest BCUT2D eigenvalue weighted by Crippen LogP contribution is -2.34. The maximum absolute atomic E-state index is 10.9. The molecule has 5 nitrogen and oxygen atoms in total. The minimum atomic E-state index is -0.423. The molecule has 1 aromatic carbocycles. The van der Waals surface area contributed by atoms with Crippen molar-refractivity contribution in [2.45, 2.75) is 52.0 Å². The van der Waals surface area contributed by atoms with Gasteiger partial charge in [-0.2, -0.15) is 0 Å². The number of rotatable bonds is 6. The highest BCUT2D eigenvalue weighted by atomic mass is 16.6. The van der Waals surface area contributed by atoms with Crippen LogP contribution in [0.5, 0.6) is 0 Å². The SMILES string of the molecule is CC(C)CCN(c1ccc([N+](=O)[O-])c(N)c1)C1CCCC1. The fourth-order valence-corrected chi connectivity index (χ4v) is 3.02. The summed E-state index contributed by atoms with van der Waals surface area (Å²) in [7, 11) is 0. The van der Waals surface area contributed by atoms with E-state index in [1.807, 2.05) is 6.07 Å². The molecule has 0 aromatic heterocycles. The molecule has 0 aliphatic heterocycles. The molecule has 0 saturated heterocycles. The molecule has 1 aromatic rings. The first-order valence-electron chi connectivity index (χ1n) is 7.79. The van der Waals surface area contributed by atoms with Gasteiger partial charge in [-0.1, -0.05) is 26.7 Å². The van der Waals surface area contributed by atoms with Gasteiger partial charge < -0.3 is 10.6 Å². The van der Waals surface area contributed by atoms with Crippen LogP contribution in [0.4, 0.5) is 17.1 Å². The zero-order valence-electron chi connectivity index (χ0n) is 12.9. The maximum atomic E-state index is 10.9. The molecule has 1 aliphatic rings. The van der Waals surface area contributed by atoms with Crippen LogP contribution < -0.4 is 10.6 Å². The lowest BCUT2D eigenvalue weighted by Gasteiger charge is -2.32. The first-order valence-corrected chi connectivity index (χ1v) is 7.79. The van der Waals surface area contributed by atoms with E-state index in [1.165, 1.54) is 31.7 Å². The van der Waals surface area contributed by atoms with E-state index in [2.05, 4.69) is 18.7 Å². The maximum Gasteiger partial charge on any atom is 0.292 e. The van der Waals surface area contributed by atoms with Gasteiger partial charge in [0, 0.05) is 24.3 Å².